The molecule has 28 heavy (non-hydrogen) atoms. The van der Waals surface area contributed by atoms with Gasteiger partial charge in [-0.3, -0.25) is 19.2 Å². The van der Waals surface area contributed by atoms with E-state index in [-0.39, 0.29) is 24.9 Å². The van der Waals surface area contributed by atoms with Crippen molar-refractivity contribution in [1.29, 1.82) is 0 Å². The third-order valence-electron chi connectivity index (χ3n) is 4.94. The van der Waals surface area contributed by atoms with E-state index in [1.165, 1.54) is 6.92 Å². The van der Waals surface area contributed by atoms with Gasteiger partial charge in [0.2, 0.25) is 17.7 Å². The summed E-state index contributed by atoms with van der Waals surface area (Å²) in [6.45, 7) is 2.33. The van der Waals surface area contributed by atoms with E-state index in [9.17, 15) is 29.1 Å². The smallest absolute Gasteiger partial charge is 0.326 e. The Morgan fingerprint density at radius 1 is 1.11 bits per heavy atom. The van der Waals surface area contributed by atoms with Crippen molar-refractivity contribution >= 4 is 29.7 Å². The van der Waals surface area contributed by atoms with Gasteiger partial charge in [-0.15, -0.1) is 0 Å². The fourth-order valence-electron chi connectivity index (χ4n) is 3.45. The van der Waals surface area contributed by atoms with E-state index in [0.29, 0.717) is 19.4 Å². The van der Waals surface area contributed by atoms with E-state index in [1.54, 1.807) is 0 Å². The summed E-state index contributed by atoms with van der Waals surface area (Å²) in [7, 11) is 0. The highest BCUT2D eigenvalue weighted by atomic mass is 16.4. The van der Waals surface area contributed by atoms with Crippen LogP contribution in [0, 0.1) is 0 Å². The molecule has 5 N–H and O–H groups in total. The first-order chi connectivity index (χ1) is 13.2. The number of hydrogen-bond donors (Lipinski definition) is 5. The van der Waals surface area contributed by atoms with Gasteiger partial charge in [-0.05, 0) is 39.2 Å². The monoisotopic (exact) mass is 398 g/mol. The van der Waals surface area contributed by atoms with Crippen molar-refractivity contribution in [2.45, 2.75) is 63.2 Å². The van der Waals surface area contributed by atoms with Crippen LogP contribution in [0.2, 0.25) is 0 Å². The minimum absolute atomic E-state index is 0.182. The van der Waals surface area contributed by atoms with Crippen molar-refractivity contribution in [3.05, 3.63) is 0 Å². The van der Waals surface area contributed by atoms with Crippen molar-refractivity contribution in [2.75, 3.05) is 13.1 Å². The molecule has 2 fully saturated rings. The standard InChI is InChI=1S/C17H26N4O7/c1-9(19-15(25)10-4-2-6-18-10)14(24)20-11(8-13(22)23)16(26)21-7-3-5-12(21)17(27)28/h9-12,18H,2-8H2,1H3,(H,19,25)(H,20,24)(H,22,23)(H,27,28). The quantitative estimate of drug-likeness (QED) is 0.322. The number of nitrogens with one attached hydrogen (secondary N) is 3. The van der Waals surface area contributed by atoms with Gasteiger partial charge in [0.1, 0.15) is 18.1 Å². The Labute approximate surface area is 161 Å². The van der Waals surface area contributed by atoms with Gasteiger partial charge in [0.15, 0.2) is 0 Å². The third-order valence-corrected chi connectivity index (χ3v) is 4.94. The fraction of sp³-hybridized carbons (Fsp3) is 0.706. The molecular weight excluding hydrogens is 372 g/mol. The Morgan fingerprint density at radius 3 is 2.39 bits per heavy atom. The number of carbonyl (C=O) groups excluding carboxylic acids is 3. The lowest BCUT2D eigenvalue weighted by molar-refractivity contribution is -0.150. The van der Waals surface area contributed by atoms with Crippen LogP contribution in [0.4, 0.5) is 0 Å². The second-order valence-electron chi connectivity index (χ2n) is 7.07. The Bertz CT molecular complexity index is 647. The molecule has 0 bridgehead atoms. The highest BCUT2D eigenvalue weighted by molar-refractivity contribution is 5.95. The van der Waals surface area contributed by atoms with Gasteiger partial charge < -0.3 is 31.1 Å². The lowest BCUT2D eigenvalue weighted by Gasteiger charge is -2.27. The summed E-state index contributed by atoms with van der Waals surface area (Å²) in [6.07, 6.45) is 1.59. The molecule has 2 aliphatic heterocycles. The number of rotatable bonds is 8. The number of amides is 3. The maximum atomic E-state index is 12.7. The summed E-state index contributed by atoms with van der Waals surface area (Å²) in [6, 6.07) is -3.80. The number of likely N-dealkylation sites (tertiary alicyclic amines) is 1. The predicted octanol–water partition coefficient (Wildman–Crippen LogP) is -1.72. The maximum Gasteiger partial charge on any atom is 0.326 e. The van der Waals surface area contributed by atoms with Gasteiger partial charge in [-0.25, -0.2) is 4.79 Å². The summed E-state index contributed by atoms with van der Waals surface area (Å²) in [5, 5.41) is 26.2. The molecule has 2 heterocycles. The van der Waals surface area contributed by atoms with Crippen LogP contribution in [-0.2, 0) is 24.0 Å². The number of carboxylic acid groups (broad SMARTS) is 2. The fourth-order valence-corrected chi connectivity index (χ4v) is 3.45. The van der Waals surface area contributed by atoms with Gasteiger partial charge in [-0.2, -0.15) is 0 Å². The zero-order valence-corrected chi connectivity index (χ0v) is 15.6. The first-order valence-corrected chi connectivity index (χ1v) is 9.30. The predicted molar refractivity (Wildman–Crippen MR) is 95.2 cm³/mol. The van der Waals surface area contributed by atoms with E-state index in [2.05, 4.69) is 16.0 Å². The number of aliphatic carboxylic acids is 2. The molecule has 11 heteroatoms. The van der Waals surface area contributed by atoms with Crippen LogP contribution in [0.5, 0.6) is 0 Å². The Balaban J connectivity index is 2.00. The minimum atomic E-state index is -1.41. The van der Waals surface area contributed by atoms with Crippen molar-refractivity contribution < 1.29 is 34.2 Å². The molecule has 0 radical (unpaired) electrons. The normalized spacial score (nSPS) is 23.7. The summed E-state index contributed by atoms with van der Waals surface area (Å²) in [4.78, 5) is 60.7. The van der Waals surface area contributed by atoms with Gasteiger partial charge in [0, 0.05) is 6.54 Å². The Kier molecular flexibility index (Phi) is 7.32. The van der Waals surface area contributed by atoms with E-state index < -0.39 is 48.3 Å². The van der Waals surface area contributed by atoms with Gasteiger partial charge in [0.25, 0.3) is 0 Å². The zero-order valence-electron chi connectivity index (χ0n) is 15.6. The Hall–Kier alpha value is -2.69. The topological polar surface area (TPSA) is 165 Å². The summed E-state index contributed by atoms with van der Waals surface area (Å²) in [5.74, 6) is -4.28. The summed E-state index contributed by atoms with van der Waals surface area (Å²) >= 11 is 0. The Morgan fingerprint density at radius 2 is 1.82 bits per heavy atom. The molecule has 156 valence electrons. The van der Waals surface area contributed by atoms with Crippen LogP contribution in [0.1, 0.15) is 39.0 Å². The van der Waals surface area contributed by atoms with Crippen LogP contribution in [0.25, 0.3) is 0 Å². The SMILES string of the molecule is CC(NC(=O)C1CCCN1)C(=O)NC(CC(=O)O)C(=O)N1CCCC1C(=O)O. The second kappa shape index (κ2) is 9.49. The van der Waals surface area contributed by atoms with E-state index in [1.807, 2.05) is 0 Å². The van der Waals surface area contributed by atoms with E-state index in [4.69, 9.17) is 5.11 Å². The molecule has 4 atom stereocenters. The molecule has 2 rings (SSSR count). The minimum Gasteiger partial charge on any atom is -0.481 e. The third kappa shape index (κ3) is 5.41. The number of hydrogen-bond acceptors (Lipinski definition) is 6. The average Bonchev–Trinajstić information content (AvgIpc) is 3.31. The maximum absolute atomic E-state index is 12.7. The van der Waals surface area contributed by atoms with Gasteiger partial charge in [0.05, 0.1) is 12.5 Å². The van der Waals surface area contributed by atoms with Crippen LogP contribution < -0.4 is 16.0 Å². The molecule has 0 aliphatic carbocycles. The molecule has 2 saturated heterocycles. The first-order valence-electron chi connectivity index (χ1n) is 9.30. The van der Waals surface area contributed by atoms with Crippen LogP contribution in [0.15, 0.2) is 0 Å². The number of carbonyl (C=O) groups is 5. The summed E-state index contributed by atoms with van der Waals surface area (Å²) in [5.41, 5.74) is 0. The molecule has 0 spiro atoms. The molecule has 3 amide bonds. The molecule has 11 nitrogen and oxygen atoms in total. The summed E-state index contributed by atoms with van der Waals surface area (Å²) < 4.78 is 0. The molecule has 0 aromatic heterocycles. The van der Waals surface area contributed by atoms with E-state index >= 15 is 0 Å². The van der Waals surface area contributed by atoms with Gasteiger partial charge >= 0.3 is 11.9 Å². The molecule has 0 aromatic rings. The van der Waals surface area contributed by atoms with Crippen LogP contribution in [-0.4, -0.2) is 82.0 Å². The number of nitrogens with zero attached hydrogens (tertiary/aromatic N) is 1. The van der Waals surface area contributed by atoms with Crippen molar-refractivity contribution in [3.8, 4) is 0 Å². The van der Waals surface area contributed by atoms with Crippen molar-refractivity contribution in [1.82, 2.24) is 20.9 Å². The lowest BCUT2D eigenvalue weighted by Crippen LogP contribution is -2.56. The highest BCUT2D eigenvalue weighted by Crippen LogP contribution is 2.19. The van der Waals surface area contributed by atoms with Gasteiger partial charge in [-0.1, -0.05) is 0 Å². The zero-order chi connectivity index (χ0) is 20.8. The van der Waals surface area contributed by atoms with E-state index in [0.717, 1.165) is 11.3 Å². The van der Waals surface area contributed by atoms with Crippen LogP contribution >= 0.6 is 0 Å². The first kappa shape index (κ1) is 21.6. The van der Waals surface area contributed by atoms with Crippen molar-refractivity contribution in [3.63, 3.8) is 0 Å². The van der Waals surface area contributed by atoms with Crippen LogP contribution in [0.3, 0.4) is 0 Å². The molecule has 2 aliphatic rings. The second-order valence-corrected chi connectivity index (χ2v) is 7.07. The average molecular weight is 398 g/mol. The number of carboxylic acids is 2. The molecule has 0 aromatic carbocycles. The lowest BCUT2D eigenvalue weighted by atomic mass is 10.1. The highest BCUT2D eigenvalue weighted by Gasteiger charge is 2.38. The molecule has 0 saturated carbocycles. The largest absolute Gasteiger partial charge is 0.481 e. The van der Waals surface area contributed by atoms with Crippen molar-refractivity contribution in [2.24, 2.45) is 0 Å². The molecular formula is C17H26N4O7. The molecule has 4 unspecified atom stereocenters.